The van der Waals surface area contributed by atoms with E-state index in [1.807, 2.05) is 78.9 Å². The Bertz CT molecular complexity index is 3800. The van der Waals surface area contributed by atoms with Gasteiger partial charge < -0.3 is 8.98 Å². The number of para-hydroxylation sites is 2. The molecule has 12 rings (SSSR count). The molecule has 5 heteroatoms. The summed E-state index contributed by atoms with van der Waals surface area (Å²) in [5.74, 6) is 1.36. The Balaban J connectivity index is 1.23. The normalized spacial score (nSPS) is 13.0. The predicted molar refractivity (Wildman–Crippen MR) is 238 cm³/mol. The van der Waals surface area contributed by atoms with Crippen LogP contribution in [0.25, 0.3) is 116 Å². The van der Waals surface area contributed by atoms with Crippen LogP contribution in [0.15, 0.2) is 198 Å². The molecule has 0 spiro atoms. The molecule has 0 saturated carbocycles. The molecule has 270 valence electrons. The van der Waals surface area contributed by atoms with Crippen molar-refractivity contribution >= 4 is 65.3 Å². The Morgan fingerprint density at radius 2 is 1.05 bits per heavy atom. The summed E-state index contributed by atoms with van der Waals surface area (Å²) >= 11 is 0. The lowest BCUT2D eigenvalue weighted by molar-refractivity contribution is 0.669. The zero-order chi connectivity index (χ0) is 42.5. The Hall–Kier alpha value is -7.89. The van der Waals surface area contributed by atoms with E-state index in [4.69, 9.17) is 26.2 Å². The molecule has 0 aliphatic heterocycles. The van der Waals surface area contributed by atoms with Crippen molar-refractivity contribution in [1.82, 2.24) is 19.5 Å². The van der Waals surface area contributed by atoms with Gasteiger partial charge >= 0.3 is 0 Å². The van der Waals surface area contributed by atoms with Crippen molar-refractivity contribution in [1.29, 1.82) is 0 Å². The van der Waals surface area contributed by atoms with Gasteiger partial charge in [-0.05, 0) is 57.6 Å². The third kappa shape index (κ3) is 5.00. The molecule has 58 heavy (non-hydrogen) atoms. The van der Waals surface area contributed by atoms with Gasteiger partial charge in [0.15, 0.2) is 17.5 Å². The zero-order valence-electron chi connectivity index (χ0n) is 35.8. The third-order valence-electron chi connectivity index (χ3n) is 11.1. The van der Waals surface area contributed by atoms with Crippen molar-refractivity contribution in [3.8, 4) is 51.0 Å². The number of hydrogen-bond donors (Lipinski definition) is 0. The molecule has 0 unspecified atom stereocenters. The minimum atomic E-state index is -0.451. The first-order valence-electron chi connectivity index (χ1n) is 21.6. The summed E-state index contributed by atoms with van der Waals surface area (Å²) in [6.45, 7) is 0. The van der Waals surface area contributed by atoms with Gasteiger partial charge in [0.05, 0.1) is 23.5 Å². The van der Waals surface area contributed by atoms with Crippen molar-refractivity contribution in [2.45, 2.75) is 0 Å². The lowest BCUT2D eigenvalue weighted by atomic mass is 9.97. The molecule has 0 aliphatic rings. The monoisotopic (exact) mass is 745 g/mol. The van der Waals surface area contributed by atoms with Gasteiger partial charge in [-0.15, -0.1) is 0 Å². The molecular weight excluding hydrogens is 709 g/mol. The minimum Gasteiger partial charge on any atom is -0.455 e. The lowest BCUT2D eigenvalue weighted by Gasteiger charge is -2.14. The Labute approximate surface area is 340 Å². The maximum absolute atomic E-state index is 9.01. The summed E-state index contributed by atoms with van der Waals surface area (Å²) < 4.78 is 52.6. The Morgan fingerprint density at radius 3 is 1.84 bits per heavy atom. The molecule has 9 aromatic carbocycles. The van der Waals surface area contributed by atoms with Crippen LogP contribution in [0.3, 0.4) is 0 Å². The molecule has 3 heterocycles. The summed E-state index contributed by atoms with van der Waals surface area (Å²) in [7, 11) is 0. The number of aromatic nitrogens is 4. The van der Waals surface area contributed by atoms with Gasteiger partial charge in [0.1, 0.15) is 11.2 Å². The standard InChI is InChI=1S/C53H32N4O/c1-3-15-33(16-4-1)39-24-14-28-47-49(39)43-31-37(57-45-26-11-9-22-40(45)41-23-10-12-27-46(41)57)32-44(50(43)58-47)53-55-51(36-18-5-2-6-19-36)54-52(56-53)42-25-13-20-35-30-29-34-17-7-8-21-38(34)48(35)42/h1-32H/i1D,3D,4D,15D,16D. The summed E-state index contributed by atoms with van der Waals surface area (Å²) in [6, 6.07) is 52.9. The number of nitrogens with zero attached hydrogens (tertiary/aromatic N) is 4. The van der Waals surface area contributed by atoms with Crippen LogP contribution >= 0.6 is 0 Å². The Morgan fingerprint density at radius 1 is 0.431 bits per heavy atom. The quantitative estimate of drug-likeness (QED) is 0.165. The summed E-state index contributed by atoms with van der Waals surface area (Å²) in [5, 5.41) is 7.72. The molecule has 0 saturated heterocycles. The van der Waals surface area contributed by atoms with Crippen LogP contribution < -0.4 is 0 Å². The fourth-order valence-corrected chi connectivity index (χ4v) is 8.58. The zero-order valence-corrected chi connectivity index (χ0v) is 30.8. The average Bonchev–Trinajstić information content (AvgIpc) is 3.89. The maximum atomic E-state index is 9.01. The van der Waals surface area contributed by atoms with Crippen molar-refractivity contribution in [2.75, 3.05) is 0 Å². The van der Waals surface area contributed by atoms with Crippen LogP contribution in [0.5, 0.6) is 0 Å². The average molecular weight is 746 g/mol. The number of rotatable bonds is 5. The predicted octanol–water partition coefficient (Wildman–Crippen LogP) is 13.8. The molecule has 0 aliphatic carbocycles. The van der Waals surface area contributed by atoms with Gasteiger partial charge in [-0.3, -0.25) is 0 Å². The van der Waals surface area contributed by atoms with Crippen molar-refractivity contribution < 1.29 is 11.3 Å². The van der Waals surface area contributed by atoms with Crippen LogP contribution in [0.1, 0.15) is 6.85 Å². The first-order valence-corrected chi connectivity index (χ1v) is 19.1. The summed E-state index contributed by atoms with van der Waals surface area (Å²) in [5.41, 5.74) is 6.56. The fraction of sp³-hybridized carbons (Fsp3) is 0. The van der Waals surface area contributed by atoms with Crippen molar-refractivity contribution in [2.24, 2.45) is 0 Å². The second kappa shape index (κ2) is 12.8. The maximum Gasteiger partial charge on any atom is 0.167 e. The summed E-state index contributed by atoms with van der Waals surface area (Å²) in [6.07, 6.45) is 0. The summed E-state index contributed by atoms with van der Waals surface area (Å²) in [4.78, 5) is 15.8. The van der Waals surface area contributed by atoms with Crippen LogP contribution in [0.2, 0.25) is 0 Å². The van der Waals surface area contributed by atoms with Crippen LogP contribution in [-0.4, -0.2) is 19.5 Å². The minimum absolute atomic E-state index is 0.0927. The SMILES string of the molecule is [2H]c1c([2H])c([2H])c(-c2cccc3oc4c(-c5nc(-c6ccccc6)nc(-c6cccc7ccc8ccccc8c67)n5)cc(-n5c6ccccc6c6ccccc65)cc4c23)c([2H])c1[2H]. The van der Waals surface area contributed by atoms with Gasteiger partial charge in [0.2, 0.25) is 0 Å². The van der Waals surface area contributed by atoms with Crippen LogP contribution in [0, 0.1) is 0 Å². The van der Waals surface area contributed by atoms with E-state index in [0.29, 0.717) is 50.5 Å². The molecule has 0 fully saturated rings. The largest absolute Gasteiger partial charge is 0.455 e. The van der Waals surface area contributed by atoms with E-state index in [1.165, 1.54) is 0 Å². The van der Waals surface area contributed by atoms with Gasteiger partial charge in [0, 0.05) is 43.7 Å². The highest BCUT2D eigenvalue weighted by Crippen LogP contribution is 2.44. The second-order valence-corrected chi connectivity index (χ2v) is 14.4. The van der Waals surface area contributed by atoms with Gasteiger partial charge in [-0.2, -0.15) is 0 Å². The van der Waals surface area contributed by atoms with Gasteiger partial charge in [0.25, 0.3) is 0 Å². The molecule has 0 radical (unpaired) electrons. The van der Waals surface area contributed by atoms with Crippen molar-refractivity contribution in [3.05, 3.63) is 194 Å². The Kier molecular flexibility index (Phi) is 6.12. The third-order valence-corrected chi connectivity index (χ3v) is 11.1. The van der Waals surface area contributed by atoms with E-state index in [2.05, 4.69) is 77.4 Å². The first-order chi connectivity index (χ1) is 30.8. The van der Waals surface area contributed by atoms with E-state index in [9.17, 15) is 0 Å². The van der Waals surface area contributed by atoms with Crippen LogP contribution in [0.4, 0.5) is 0 Å². The van der Waals surface area contributed by atoms with Crippen LogP contribution in [-0.2, 0) is 0 Å². The van der Waals surface area contributed by atoms with E-state index < -0.39 is 18.1 Å². The first kappa shape index (κ1) is 27.7. The molecule has 0 atom stereocenters. The van der Waals surface area contributed by atoms with E-state index in [-0.39, 0.29) is 17.6 Å². The number of benzene rings is 9. The molecule has 3 aromatic heterocycles. The van der Waals surface area contributed by atoms with Gasteiger partial charge in [-0.25, -0.2) is 15.0 Å². The molecule has 0 N–H and O–H groups in total. The number of fused-ring (bicyclic) bond motifs is 9. The molecular formula is C53H32N4O. The fourth-order valence-electron chi connectivity index (χ4n) is 8.58. The topological polar surface area (TPSA) is 56.7 Å². The highest BCUT2D eigenvalue weighted by molar-refractivity contribution is 6.17. The molecule has 5 nitrogen and oxygen atoms in total. The van der Waals surface area contributed by atoms with Crippen molar-refractivity contribution in [3.63, 3.8) is 0 Å². The lowest BCUT2D eigenvalue weighted by Crippen LogP contribution is -2.02. The molecule has 12 aromatic rings. The number of furan rings is 1. The molecule has 0 amide bonds. The molecule has 0 bridgehead atoms. The van der Waals surface area contributed by atoms with E-state index in [0.717, 1.165) is 60.2 Å². The van der Waals surface area contributed by atoms with E-state index in [1.54, 1.807) is 12.1 Å². The highest BCUT2D eigenvalue weighted by atomic mass is 16.3. The second-order valence-electron chi connectivity index (χ2n) is 14.4. The van der Waals surface area contributed by atoms with Gasteiger partial charge in [-0.1, -0.05) is 164 Å². The highest BCUT2D eigenvalue weighted by Gasteiger charge is 2.23. The smallest absolute Gasteiger partial charge is 0.167 e. The number of hydrogen-bond acceptors (Lipinski definition) is 4. The van der Waals surface area contributed by atoms with E-state index >= 15 is 0 Å².